The van der Waals surface area contributed by atoms with Crippen molar-refractivity contribution in [3.63, 3.8) is 0 Å². The van der Waals surface area contributed by atoms with E-state index in [4.69, 9.17) is 9.84 Å². The van der Waals surface area contributed by atoms with Crippen molar-refractivity contribution in [1.82, 2.24) is 9.62 Å². The first-order valence-electron chi connectivity index (χ1n) is 12.3. The minimum atomic E-state index is -4.87. The molecule has 3 N–H and O–H groups in total. The number of piperidine rings is 1. The largest absolute Gasteiger partial charge is 0.573 e. The Balaban J connectivity index is 1.41. The molecule has 2 aromatic carbocycles. The van der Waals surface area contributed by atoms with Crippen molar-refractivity contribution in [2.24, 2.45) is 4.99 Å². The number of aliphatic hydroxyl groups is 2. The van der Waals surface area contributed by atoms with Crippen LogP contribution in [0.15, 0.2) is 52.9 Å². The van der Waals surface area contributed by atoms with Crippen molar-refractivity contribution in [2.75, 3.05) is 26.3 Å². The summed E-state index contributed by atoms with van der Waals surface area (Å²) in [7, 11) is -3.83. The average Bonchev–Trinajstić information content (AvgIpc) is 3.21. The number of rotatable bonds is 9. The van der Waals surface area contributed by atoms with Crippen LogP contribution in [0.2, 0.25) is 0 Å². The molecule has 0 unspecified atom stereocenters. The summed E-state index contributed by atoms with van der Waals surface area (Å²) in [4.78, 5) is 17.3. The highest BCUT2D eigenvalue weighted by atomic mass is 32.2. The van der Waals surface area contributed by atoms with Crippen LogP contribution in [0.4, 0.5) is 13.2 Å². The Morgan fingerprint density at radius 1 is 1.18 bits per heavy atom. The van der Waals surface area contributed by atoms with Gasteiger partial charge in [-0.2, -0.15) is 4.31 Å². The zero-order valence-corrected chi connectivity index (χ0v) is 22.2. The Morgan fingerprint density at radius 3 is 2.55 bits per heavy atom. The number of aliphatic imine (C=N–C) groups is 1. The van der Waals surface area contributed by atoms with Crippen molar-refractivity contribution in [2.45, 2.75) is 37.8 Å². The molecule has 0 saturated carbocycles. The minimum Gasteiger partial charge on any atom is -0.491 e. The van der Waals surface area contributed by atoms with E-state index in [1.54, 1.807) is 25.1 Å². The molecule has 1 fully saturated rings. The third-order valence-electron chi connectivity index (χ3n) is 6.54. The molecular formula is C26H28F3N3O7S. The zero-order chi connectivity index (χ0) is 29.1. The first kappa shape index (κ1) is 29.5. The van der Waals surface area contributed by atoms with E-state index >= 15 is 0 Å². The van der Waals surface area contributed by atoms with Crippen LogP contribution in [-0.2, 0) is 14.8 Å². The van der Waals surface area contributed by atoms with Gasteiger partial charge in [0.15, 0.2) is 0 Å². The molecule has 10 nitrogen and oxygen atoms in total. The van der Waals surface area contributed by atoms with Gasteiger partial charge < -0.3 is 25.0 Å². The number of hydrogen-bond donors (Lipinski definition) is 3. The van der Waals surface area contributed by atoms with Gasteiger partial charge in [-0.25, -0.2) is 8.42 Å². The molecule has 14 heteroatoms. The standard InChI is InChI=1S/C26H28F3N3O7S/c1-17-13-21(38-16-20(34)15-33)6-5-18(17)7-12-40(36,37)32-10-8-25(9-11-32)24(35)30-23(31-25)19-3-2-4-22(14-19)39-26(27,28)29/h2-7,12-14,20,33-34H,8-11,15-16H2,1H3,(H,30,31,35)/b12-7+/t20-/m1/s1. The molecule has 0 aliphatic carbocycles. The van der Waals surface area contributed by atoms with E-state index in [-0.39, 0.29) is 43.9 Å². The maximum atomic E-state index is 13.0. The van der Waals surface area contributed by atoms with Gasteiger partial charge in [-0.05, 0) is 61.2 Å². The number of nitrogens with one attached hydrogen (secondary N) is 1. The molecule has 2 heterocycles. The van der Waals surface area contributed by atoms with E-state index in [2.05, 4.69) is 15.0 Å². The van der Waals surface area contributed by atoms with Crippen LogP contribution in [0.5, 0.6) is 11.5 Å². The molecule has 2 aromatic rings. The molecule has 1 spiro atoms. The first-order valence-corrected chi connectivity index (χ1v) is 13.8. The zero-order valence-electron chi connectivity index (χ0n) is 21.4. The molecule has 4 rings (SSSR count). The molecule has 2 aliphatic rings. The number of ether oxygens (including phenoxy) is 2. The molecule has 216 valence electrons. The Labute approximate surface area is 228 Å². The third kappa shape index (κ3) is 6.99. The predicted molar refractivity (Wildman–Crippen MR) is 139 cm³/mol. The molecule has 2 aliphatic heterocycles. The maximum Gasteiger partial charge on any atom is 0.573 e. The van der Waals surface area contributed by atoms with E-state index in [0.29, 0.717) is 11.3 Å². The number of amidine groups is 1. The molecule has 1 atom stereocenters. The van der Waals surface area contributed by atoms with Crippen molar-refractivity contribution in [1.29, 1.82) is 0 Å². The monoisotopic (exact) mass is 583 g/mol. The Bertz CT molecular complexity index is 1420. The summed E-state index contributed by atoms with van der Waals surface area (Å²) < 4.78 is 74.3. The molecule has 0 bridgehead atoms. The van der Waals surface area contributed by atoms with Gasteiger partial charge in [0.05, 0.1) is 6.61 Å². The SMILES string of the molecule is Cc1cc(OC[C@H](O)CO)ccc1/C=C/S(=O)(=O)N1CCC2(CC1)N=C(c1cccc(OC(F)(F)F)c1)NC2=O. The van der Waals surface area contributed by atoms with Crippen LogP contribution in [0.3, 0.4) is 0 Å². The van der Waals surface area contributed by atoms with Gasteiger partial charge in [-0.3, -0.25) is 9.79 Å². The highest BCUT2D eigenvalue weighted by Crippen LogP contribution is 2.33. The molecule has 0 radical (unpaired) electrons. The molecule has 0 aromatic heterocycles. The number of aliphatic hydroxyl groups excluding tert-OH is 2. The number of carbonyl (C=O) groups is 1. The molecule has 1 saturated heterocycles. The minimum absolute atomic E-state index is 0.0209. The van der Waals surface area contributed by atoms with Crippen LogP contribution in [-0.4, -0.2) is 79.0 Å². The fourth-order valence-corrected chi connectivity index (χ4v) is 5.54. The fraction of sp³-hybridized carbons (Fsp3) is 0.385. The van der Waals surface area contributed by atoms with Crippen molar-refractivity contribution in [3.05, 3.63) is 64.6 Å². The number of sulfonamides is 1. The number of benzene rings is 2. The normalized spacial score (nSPS) is 18.6. The molecule has 40 heavy (non-hydrogen) atoms. The van der Waals surface area contributed by atoms with Crippen molar-refractivity contribution in [3.8, 4) is 11.5 Å². The Morgan fingerprint density at radius 2 is 1.90 bits per heavy atom. The highest BCUT2D eigenvalue weighted by Gasteiger charge is 2.47. The van der Waals surface area contributed by atoms with Gasteiger partial charge in [0.25, 0.3) is 5.91 Å². The number of amides is 1. The second-order valence-corrected chi connectivity index (χ2v) is 11.3. The van der Waals surface area contributed by atoms with Crippen LogP contribution < -0.4 is 14.8 Å². The summed E-state index contributed by atoms with van der Waals surface area (Å²) in [5.74, 6) is -0.335. The lowest BCUT2D eigenvalue weighted by atomic mass is 9.89. The van der Waals surface area contributed by atoms with Crippen LogP contribution >= 0.6 is 0 Å². The smallest absolute Gasteiger partial charge is 0.491 e. The highest BCUT2D eigenvalue weighted by molar-refractivity contribution is 7.92. The van der Waals surface area contributed by atoms with Crippen molar-refractivity contribution < 1.29 is 46.1 Å². The lowest BCUT2D eigenvalue weighted by Crippen LogP contribution is -2.50. The lowest BCUT2D eigenvalue weighted by Gasteiger charge is -2.34. The lowest BCUT2D eigenvalue weighted by molar-refractivity contribution is -0.274. The summed E-state index contributed by atoms with van der Waals surface area (Å²) in [6, 6.07) is 10.1. The summed E-state index contributed by atoms with van der Waals surface area (Å²) in [6.07, 6.45) is -4.23. The van der Waals surface area contributed by atoms with E-state index < -0.39 is 46.3 Å². The number of aryl methyl sites for hydroxylation is 1. The summed E-state index contributed by atoms with van der Waals surface area (Å²) in [5.41, 5.74) is 0.380. The fourth-order valence-electron chi connectivity index (χ4n) is 4.36. The third-order valence-corrected chi connectivity index (χ3v) is 8.11. The maximum absolute atomic E-state index is 13.0. The number of nitrogens with zero attached hydrogens (tertiary/aromatic N) is 2. The van der Waals surface area contributed by atoms with E-state index in [1.165, 1.54) is 22.5 Å². The summed E-state index contributed by atoms with van der Waals surface area (Å²) in [5, 5.41) is 22.0. The molecular weight excluding hydrogens is 555 g/mol. The van der Waals surface area contributed by atoms with Gasteiger partial charge in [0, 0.05) is 24.1 Å². The van der Waals surface area contributed by atoms with E-state index in [0.717, 1.165) is 23.1 Å². The Hall–Kier alpha value is -3.46. The predicted octanol–water partition coefficient (Wildman–Crippen LogP) is 2.34. The van der Waals surface area contributed by atoms with Gasteiger partial charge in [0.2, 0.25) is 10.0 Å². The van der Waals surface area contributed by atoms with Gasteiger partial charge in [0.1, 0.15) is 35.6 Å². The average molecular weight is 584 g/mol. The molecule has 1 amide bonds. The topological polar surface area (TPSA) is 138 Å². The summed E-state index contributed by atoms with van der Waals surface area (Å²) >= 11 is 0. The number of hydrogen-bond acceptors (Lipinski definition) is 8. The van der Waals surface area contributed by atoms with Gasteiger partial charge in [-0.1, -0.05) is 18.2 Å². The Kier molecular flexibility index (Phi) is 8.54. The quantitative estimate of drug-likeness (QED) is 0.412. The van der Waals surface area contributed by atoms with Gasteiger partial charge >= 0.3 is 6.36 Å². The number of carbonyl (C=O) groups excluding carboxylic acids is 1. The van der Waals surface area contributed by atoms with Crippen LogP contribution in [0.25, 0.3) is 6.08 Å². The number of halogens is 3. The number of alkyl halides is 3. The van der Waals surface area contributed by atoms with Crippen LogP contribution in [0.1, 0.15) is 29.5 Å². The van der Waals surface area contributed by atoms with Crippen molar-refractivity contribution >= 4 is 27.8 Å². The van der Waals surface area contributed by atoms with Crippen LogP contribution in [0, 0.1) is 6.92 Å². The van der Waals surface area contributed by atoms with E-state index in [9.17, 15) is 31.5 Å². The second kappa shape index (κ2) is 11.6. The van der Waals surface area contributed by atoms with Gasteiger partial charge in [-0.15, -0.1) is 13.2 Å². The second-order valence-electron chi connectivity index (χ2n) is 9.43. The van der Waals surface area contributed by atoms with E-state index in [1.807, 2.05) is 0 Å². The summed E-state index contributed by atoms with van der Waals surface area (Å²) in [6.45, 7) is 1.30. The first-order chi connectivity index (χ1) is 18.8.